The molecule has 1 amide bonds. The van der Waals surface area contributed by atoms with E-state index in [0.29, 0.717) is 19.0 Å². The van der Waals surface area contributed by atoms with Crippen LogP contribution in [0.25, 0.3) is 0 Å². The highest BCUT2D eigenvalue weighted by molar-refractivity contribution is 5.77. The number of nitrogens with zero attached hydrogens (tertiary/aromatic N) is 1. The van der Waals surface area contributed by atoms with Crippen molar-refractivity contribution in [1.29, 1.82) is 0 Å². The van der Waals surface area contributed by atoms with Gasteiger partial charge in [0.2, 0.25) is 5.91 Å². The van der Waals surface area contributed by atoms with Crippen molar-refractivity contribution in [3.8, 4) is 0 Å². The Bertz CT molecular complexity index is 704. The molecule has 0 aromatic heterocycles. The predicted octanol–water partition coefficient (Wildman–Crippen LogP) is 3.83. The van der Waals surface area contributed by atoms with Crippen molar-refractivity contribution < 1.29 is 14.3 Å². The lowest BCUT2D eigenvalue weighted by molar-refractivity contribution is -0.137. The molecule has 1 heterocycles. The summed E-state index contributed by atoms with van der Waals surface area (Å²) in [4.78, 5) is 14.4. The fraction of sp³-hybridized carbons (Fsp3) is 0.381. The number of benzene rings is 2. The molecule has 3 nitrogen and oxygen atoms in total. The highest BCUT2D eigenvalue weighted by Crippen LogP contribution is 2.30. The van der Waals surface area contributed by atoms with Gasteiger partial charge in [-0.2, -0.15) is 0 Å². The molecule has 132 valence electrons. The number of rotatable bonds is 4. The SMILES string of the molecule is CC(O)(CC(=O)N1CCC(c2ccc(F)cc2)CC1)c1ccccc1. The zero-order chi connectivity index (χ0) is 17.9. The number of carbonyl (C=O) groups excluding carboxylic acids is 1. The minimum absolute atomic E-state index is 0.0218. The van der Waals surface area contributed by atoms with Crippen LogP contribution in [-0.2, 0) is 10.4 Å². The Morgan fingerprint density at radius 2 is 1.72 bits per heavy atom. The summed E-state index contributed by atoms with van der Waals surface area (Å²) in [5.74, 6) is 0.116. The van der Waals surface area contributed by atoms with Crippen LogP contribution in [0.5, 0.6) is 0 Å². The quantitative estimate of drug-likeness (QED) is 0.918. The standard InChI is InChI=1S/C21H24FNO2/c1-21(25,18-5-3-2-4-6-18)15-20(24)23-13-11-17(12-14-23)16-7-9-19(22)10-8-16/h2-10,17,25H,11-15H2,1H3. The molecule has 2 aromatic carbocycles. The number of hydrogen-bond donors (Lipinski definition) is 1. The largest absolute Gasteiger partial charge is 0.385 e. The second-order valence-corrected chi connectivity index (χ2v) is 7.02. The van der Waals surface area contributed by atoms with E-state index < -0.39 is 5.60 Å². The molecular weight excluding hydrogens is 317 g/mol. The summed E-state index contributed by atoms with van der Waals surface area (Å²) < 4.78 is 13.0. The van der Waals surface area contributed by atoms with Crippen LogP contribution < -0.4 is 0 Å². The minimum Gasteiger partial charge on any atom is -0.385 e. The molecule has 0 spiro atoms. The van der Waals surface area contributed by atoms with Gasteiger partial charge in [-0.3, -0.25) is 4.79 Å². The van der Waals surface area contributed by atoms with Gasteiger partial charge in [0, 0.05) is 13.1 Å². The molecule has 1 aliphatic heterocycles. The first-order valence-corrected chi connectivity index (χ1v) is 8.77. The molecule has 1 N–H and O–H groups in total. The maximum absolute atomic E-state index is 13.0. The summed E-state index contributed by atoms with van der Waals surface area (Å²) in [5.41, 5.74) is 0.723. The van der Waals surface area contributed by atoms with Gasteiger partial charge >= 0.3 is 0 Å². The van der Waals surface area contributed by atoms with E-state index in [1.54, 1.807) is 6.92 Å². The summed E-state index contributed by atoms with van der Waals surface area (Å²) in [6.45, 7) is 3.03. The molecule has 1 aliphatic rings. The fourth-order valence-electron chi connectivity index (χ4n) is 3.50. The topological polar surface area (TPSA) is 40.5 Å². The van der Waals surface area contributed by atoms with Crippen molar-refractivity contribution in [2.24, 2.45) is 0 Å². The number of piperidine rings is 1. The summed E-state index contributed by atoms with van der Waals surface area (Å²) >= 11 is 0. The normalized spacial score (nSPS) is 18.0. The minimum atomic E-state index is -1.16. The van der Waals surface area contributed by atoms with Gasteiger partial charge in [0.15, 0.2) is 0 Å². The van der Waals surface area contributed by atoms with E-state index in [1.165, 1.54) is 12.1 Å². The summed E-state index contributed by atoms with van der Waals surface area (Å²) in [6.07, 6.45) is 1.81. The lowest BCUT2D eigenvalue weighted by atomic mass is 9.88. The van der Waals surface area contributed by atoms with Crippen molar-refractivity contribution in [3.63, 3.8) is 0 Å². The van der Waals surface area contributed by atoms with Gasteiger partial charge in [-0.15, -0.1) is 0 Å². The number of halogens is 1. The van der Waals surface area contributed by atoms with E-state index in [9.17, 15) is 14.3 Å². The van der Waals surface area contributed by atoms with E-state index in [4.69, 9.17) is 0 Å². The first-order chi connectivity index (χ1) is 12.0. The smallest absolute Gasteiger partial charge is 0.225 e. The molecular formula is C21H24FNO2. The highest BCUT2D eigenvalue weighted by Gasteiger charge is 2.31. The third-order valence-electron chi connectivity index (χ3n) is 5.08. The van der Waals surface area contributed by atoms with Crippen molar-refractivity contribution in [2.45, 2.75) is 37.7 Å². The van der Waals surface area contributed by atoms with Crippen molar-refractivity contribution in [2.75, 3.05) is 13.1 Å². The van der Waals surface area contributed by atoms with Crippen LogP contribution in [0.15, 0.2) is 54.6 Å². The van der Waals surface area contributed by atoms with Gasteiger partial charge in [-0.25, -0.2) is 4.39 Å². The Labute approximate surface area is 148 Å². The molecule has 0 aliphatic carbocycles. The molecule has 1 saturated heterocycles. The second kappa shape index (κ2) is 7.36. The number of likely N-dealkylation sites (tertiary alicyclic amines) is 1. The maximum atomic E-state index is 13.0. The third-order valence-corrected chi connectivity index (χ3v) is 5.08. The van der Waals surface area contributed by atoms with Crippen LogP contribution in [0.2, 0.25) is 0 Å². The molecule has 3 rings (SSSR count). The molecule has 1 unspecified atom stereocenters. The average Bonchev–Trinajstić information content (AvgIpc) is 2.63. The molecule has 1 fully saturated rings. The molecule has 25 heavy (non-hydrogen) atoms. The second-order valence-electron chi connectivity index (χ2n) is 7.02. The van der Waals surface area contributed by atoms with Crippen LogP contribution in [-0.4, -0.2) is 29.0 Å². The first-order valence-electron chi connectivity index (χ1n) is 8.77. The van der Waals surface area contributed by atoms with Gasteiger partial charge in [0.1, 0.15) is 5.82 Å². The molecule has 0 radical (unpaired) electrons. The highest BCUT2D eigenvalue weighted by atomic mass is 19.1. The van der Waals surface area contributed by atoms with E-state index in [-0.39, 0.29) is 18.1 Å². The van der Waals surface area contributed by atoms with Crippen LogP contribution in [0.1, 0.15) is 43.2 Å². The Morgan fingerprint density at radius 3 is 2.32 bits per heavy atom. The number of carbonyl (C=O) groups is 1. The van der Waals surface area contributed by atoms with E-state index in [2.05, 4.69) is 0 Å². The summed E-state index contributed by atoms with van der Waals surface area (Å²) in [5, 5.41) is 10.7. The Hall–Kier alpha value is -2.20. The van der Waals surface area contributed by atoms with E-state index in [0.717, 1.165) is 24.0 Å². The fourth-order valence-corrected chi connectivity index (χ4v) is 3.50. The number of amides is 1. The molecule has 0 bridgehead atoms. The third kappa shape index (κ3) is 4.26. The van der Waals surface area contributed by atoms with E-state index in [1.807, 2.05) is 47.4 Å². The van der Waals surface area contributed by atoms with Crippen molar-refractivity contribution in [1.82, 2.24) is 4.90 Å². The van der Waals surface area contributed by atoms with Gasteiger partial charge in [-0.1, -0.05) is 42.5 Å². The molecule has 4 heteroatoms. The lowest BCUT2D eigenvalue weighted by Gasteiger charge is -2.34. The summed E-state index contributed by atoms with van der Waals surface area (Å²) in [7, 11) is 0. The van der Waals surface area contributed by atoms with Crippen LogP contribution in [0, 0.1) is 5.82 Å². The van der Waals surface area contributed by atoms with Crippen molar-refractivity contribution >= 4 is 5.91 Å². The molecule has 0 saturated carbocycles. The number of hydrogen-bond acceptors (Lipinski definition) is 2. The number of aliphatic hydroxyl groups is 1. The molecule has 1 atom stereocenters. The Balaban J connectivity index is 1.57. The average molecular weight is 341 g/mol. The van der Waals surface area contributed by atoms with Gasteiger partial charge in [0.05, 0.1) is 12.0 Å². The van der Waals surface area contributed by atoms with Crippen LogP contribution in [0.4, 0.5) is 4.39 Å². The lowest BCUT2D eigenvalue weighted by Crippen LogP contribution is -2.41. The summed E-state index contributed by atoms with van der Waals surface area (Å²) in [6, 6.07) is 15.9. The first kappa shape index (κ1) is 17.6. The predicted molar refractivity (Wildman–Crippen MR) is 95.6 cm³/mol. The van der Waals surface area contributed by atoms with E-state index >= 15 is 0 Å². The van der Waals surface area contributed by atoms with Crippen LogP contribution >= 0.6 is 0 Å². The zero-order valence-corrected chi connectivity index (χ0v) is 14.5. The Morgan fingerprint density at radius 1 is 1.12 bits per heavy atom. The van der Waals surface area contributed by atoms with Gasteiger partial charge in [-0.05, 0) is 48.9 Å². The van der Waals surface area contributed by atoms with Gasteiger partial charge in [0.25, 0.3) is 0 Å². The maximum Gasteiger partial charge on any atom is 0.225 e. The van der Waals surface area contributed by atoms with Crippen molar-refractivity contribution in [3.05, 3.63) is 71.5 Å². The molecule has 2 aromatic rings. The van der Waals surface area contributed by atoms with Crippen LogP contribution in [0.3, 0.4) is 0 Å². The zero-order valence-electron chi connectivity index (χ0n) is 14.5. The Kier molecular flexibility index (Phi) is 5.19. The monoisotopic (exact) mass is 341 g/mol. The van der Waals surface area contributed by atoms with Gasteiger partial charge < -0.3 is 10.0 Å².